The number of nitrogens with one attached hydrogen (secondary N) is 2. The van der Waals surface area contributed by atoms with Crippen LogP contribution in [0.25, 0.3) is 21.8 Å². The molecule has 2 atom stereocenters. The molecule has 0 fully saturated rings. The van der Waals surface area contributed by atoms with Gasteiger partial charge in [0.1, 0.15) is 46.3 Å². The Bertz CT molecular complexity index is 2960. The van der Waals surface area contributed by atoms with Gasteiger partial charge in [-0.3, -0.25) is 19.1 Å². The van der Waals surface area contributed by atoms with Gasteiger partial charge in [0.25, 0.3) is 0 Å². The number of hydrogen-bond donors (Lipinski definition) is 2. The number of carbonyl (C=O) groups is 6. The molecule has 0 saturated carbocycles. The van der Waals surface area contributed by atoms with Gasteiger partial charge in [0, 0.05) is 47.5 Å². The van der Waals surface area contributed by atoms with E-state index in [1.807, 2.05) is 0 Å². The molecule has 8 rings (SSSR count). The minimum Gasteiger partial charge on any atom is -1.00 e. The van der Waals surface area contributed by atoms with Gasteiger partial charge in [0.05, 0.1) is 50.8 Å². The summed E-state index contributed by atoms with van der Waals surface area (Å²) in [6.45, 7) is 11.0. The maximum Gasteiger partial charge on any atom is 2.00 e. The fraction of sp³-hybridized carbons (Fsp3) is 0.320. The van der Waals surface area contributed by atoms with Crippen molar-refractivity contribution in [3.05, 3.63) is 131 Å². The third-order valence-corrected chi connectivity index (χ3v) is 10.3. The van der Waals surface area contributed by atoms with Crippen LogP contribution in [0.4, 0.5) is 38.5 Å². The number of H-pyrrole nitrogens is 1. The molecule has 2 N–H and O–H groups in total. The first-order chi connectivity index (χ1) is 32.9. The average Bonchev–Trinajstić information content (AvgIpc) is 4.10. The summed E-state index contributed by atoms with van der Waals surface area (Å²) in [5, 5.41) is 3.86. The SMILES string of the molecule is COC(=O)C1CN(C(=O)OC(C)(C)C)c2ccc(F)cc21.COC(=O)C1CNc2ccc(F)cc21.COC(=O)c1c[nH]c2ccc(F)cc12.COC(=O)c1cn(C(=O)OC(C)(C)C)c2ccc(F)cc12.[H-].[H-].[Mg+2]. The first-order valence-electron chi connectivity index (χ1n) is 21.4. The molecule has 71 heavy (non-hydrogen) atoms. The second-order valence-corrected chi connectivity index (χ2v) is 17.5. The Balaban J connectivity index is 0.000000334. The number of esters is 4. The number of nitrogens with zero attached hydrogens (tertiary/aromatic N) is 2. The fourth-order valence-electron chi connectivity index (χ4n) is 7.23. The Morgan fingerprint density at radius 1 is 0.606 bits per heavy atom. The predicted octanol–water partition coefficient (Wildman–Crippen LogP) is 9.63. The molecular weight excluding hydrogens is 949 g/mol. The molecular formula is C50H54F4MgN4O12. The van der Waals surface area contributed by atoms with Gasteiger partial charge in [0.15, 0.2) is 0 Å². The van der Waals surface area contributed by atoms with E-state index in [4.69, 9.17) is 14.2 Å². The molecule has 0 bridgehead atoms. The van der Waals surface area contributed by atoms with Crippen molar-refractivity contribution >= 4 is 92.3 Å². The largest absolute Gasteiger partial charge is 2.00 e. The molecule has 0 aliphatic carbocycles. The number of aromatic amines is 1. The molecule has 2 aromatic heterocycles. The number of ether oxygens (including phenoxy) is 6. The molecule has 2 aliphatic rings. The number of amides is 1. The summed E-state index contributed by atoms with van der Waals surface area (Å²) >= 11 is 0. The Hall–Kier alpha value is -7.13. The van der Waals surface area contributed by atoms with E-state index in [1.54, 1.807) is 53.7 Å². The van der Waals surface area contributed by atoms with Crippen LogP contribution in [-0.4, -0.2) is 121 Å². The molecule has 16 nitrogen and oxygen atoms in total. The predicted molar refractivity (Wildman–Crippen MR) is 257 cm³/mol. The monoisotopic (exact) mass is 1000 g/mol. The summed E-state index contributed by atoms with van der Waals surface area (Å²) in [7, 11) is 5.11. The number of anilines is 2. The van der Waals surface area contributed by atoms with E-state index in [2.05, 4.69) is 24.5 Å². The third-order valence-electron chi connectivity index (χ3n) is 10.3. The summed E-state index contributed by atoms with van der Waals surface area (Å²) in [4.78, 5) is 74.7. The minimum atomic E-state index is -0.701. The fourth-order valence-corrected chi connectivity index (χ4v) is 7.23. The van der Waals surface area contributed by atoms with Crippen molar-refractivity contribution in [2.45, 2.75) is 64.6 Å². The number of hydrogen-bond acceptors (Lipinski definition) is 13. The molecule has 6 aromatic rings. The number of halogens is 4. The molecule has 21 heteroatoms. The zero-order valence-corrected chi connectivity index (χ0v) is 42.1. The van der Waals surface area contributed by atoms with E-state index in [-0.39, 0.29) is 61.5 Å². The standard InChI is InChI=1S/C15H18FNO4.C15H16FNO4.C10H10FNO2.C10H8FNO2.Mg.2H/c2*1-15(2,3)21-14(19)17-8-11(13(18)20-4)10-7-9(16)5-6-12(10)17;2*1-14-10(13)8-5-12-9-3-2-6(11)4-7(8)9;;;/h5-7,11H,8H2,1-4H3;5-8H,1-4H3;2-4,8,12H,5H2,1H3;2-5,12H,1H3;;;/q;;;;+2;2*-1. The number of carbonyl (C=O) groups excluding carboxylic acids is 6. The molecule has 4 aromatic carbocycles. The van der Waals surface area contributed by atoms with Gasteiger partial charge >= 0.3 is 59.1 Å². The quantitative estimate of drug-likeness (QED) is 0.0735. The maximum atomic E-state index is 13.4. The maximum absolute atomic E-state index is 13.4. The van der Waals surface area contributed by atoms with Crippen LogP contribution in [0.1, 0.15) is 88.1 Å². The van der Waals surface area contributed by atoms with Crippen LogP contribution < -0.4 is 10.2 Å². The molecule has 0 saturated heterocycles. The van der Waals surface area contributed by atoms with Crippen LogP contribution in [0.15, 0.2) is 85.2 Å². The van der Waals surface area contributed by atoms with Gasteiger partial charge in [-0.05, 0) is 125 Å². The second-order valence-electron chi connectivity index (χ2n) is 17.5. The smallest absolute Gasteiger partial charge is 1.00 e. The van der Waals surface area contributed by atoms with E-state index in [9.17, 15) is 46.3 Å². The molecule has 2 unspecified atom stereocenters. The van der Waals surface area contributed by atoms with Crippen LogP contribution in [0.3, 0.4) is 0 Å². The number of aromatic nitrogens is 2. The third kappa shape index (κ3) is 14.0. The summed E-state index contributed by atoms with van der Waals surface area (Å²) < 4.78 is 82.9. The van der Waals surface area contributed by atoms with E-state index in [1.165, 1.54) is 111 Å². The summed E-state index contributed by atoms with van der Waals surface area (Å²) in [6, 6.07) is 16.4. The van der Waals surface area contributed by atoms with Gasteiger partial charge < -0.3 is 41.6 Å². The van der Waals surface area contributed by atoms with E-state index in [0.29, 0.717) is 50.7 Å². The van der Waals surface area contributed by atoms with Crippen LogP contribution in [0.5, 0.6) is 0 Å². The average molecular weight is 1000 g/mol. The second kappa shape index (κ2) is 23.7. The number of benzene rings is 4. The minimum absolute atomic E-state index is 0. The van der Waals surface area contributed by atoms with Crippen LogP contribution in [-0.2, 0) is 38.0 Å². The number of fused-ring (bicyclic) bond motifs is 4. The van der Waals surface area contributed by atoms with Crippen molar-refractivity contribution in [3.8, 4) is 0 Å². The van der Waals surface area contributed by atoms with Gasteiger partial charge in [-0.2, -0.15) is 0 Å². The van der Waals surface area contributed by atoms with Crippen molar-refractivity contribution in [1.82, 2.24) is 9.55 Å². The Kier molecular flexibility index (Phi) is 18.8. The van der Waals surface area contributed by atoms with Gasteiger partial charge in [0.2, 0.25) is 0 Å². The van der Waals surface area contributed by atoms with Crippen molar-refractivity contribution in [2.24, 2.45) is 0 Å². The van der Waals surface area contributed by atoms with Crippen LogP contribution >= 0.6 is 0 Å². The van der Waals surface area contributed by atoms with Gasteiger partial charge in [-0.15, -0.1) is 0 Å². The number of rotatable bonds is 4. The van der Waals surface area contributed by atoms with Crippen molar-refractivity contribution in [3.63, 3.8) is 0 Å². The van der Waals surface area contributed by atoms with E-state index < -0.39 is 58.8 Å². The van der Waals surface area contributed by atoms with Crippen molar-refractivity contribution < 1.29 is 77.6 Å². The first kappa shape index (κ1) is 56.5. The normalized spacial score (nSPS) is 14.3. The zero-order chi connectivity index (χ0) is 51.8. The van der Waals surface area contributed by atoms with E-state index in [0.717, 1.165) is 5.69 Å². The van der Waals surface area contributed by atoms with E-state index >= 15 is 0 Å². The molecule has 0 radical (unpaired) electrons. The van der Waals surface area contributed by atoms with Gasteiger partial charge in [-0.25, -0.2) is 36.7 Å². The molecule has 0 spiro atoms. The Morgan fingerprint density at radius 2 is 1.11 bits per heavy atom. The summed E-state index contributed by atoms with van der Waals surface area (Å²) in [5.74, 6) is -4.71. The summed E-state index contributed by atoms with van der Waals surface area (Å²) in [5.41, 5.74) is 2.62. The Labute approximate surface area is 424 Å². The van der Waals surface area contributed by atoms with Crippen LogP contribution in [0.2, 0.25) is 0 Å². The number of methoxy groups -OCH3 is 4. The summed E-state index contributed by atoms with van der Waals surface area (Å²) in [6.07, 6.45) is 1.59. The topological polar surface area (TPSA) is 194 Å². The molecule has 4 heterocycles. The van der Waals surface area contributed by atoms with Gasteiger partial charge in [-0.1, -0.05) is 0 Å². The first-order valence-corrected chi connectivity index (χ1v) is 21.4. The molecule has 376 valence electrons. The van der Waals surface area contributed by atoms with Crippen molar-refractivity contribution in [2.75, 3.05) is 51.7 Å². The Morgan fingerprint density at radius 3 is 1.70 bits per heavy atom. The molecule has 1 amide bonds. The zero-order valence-electron chi connectivity index (χ0n) is 42.7. The van der Waals surface area contributed by atoms with Crippen molar-refractivity contribution in [1.29, 1.82) is 0 Å². The van der Waals surface area contributed by atoms with Crippen LogP contribution in [0, 0.1) is 23.3 Å². The molecule has 2 aliphatic heterocycles.